The molecule has 12 heavy (non-hydrogen) atoms. The fourth-order valence-corrected chi connectivity index (χ4v) is 2.28. The molecule has 0 atom stereocenters. The molecule has 2 rings (SSSR count). The minimum atomic E-state index is 0.553. The van der Waals surface area contributed by atoms with Crippen LogP contribution in [0.5, 0.6) is 0 Å². The third-order valence-corrected chi connectivity index (χ3v) is 3.04. The summed E-state index contributed by atoms with van der Waals surface area (Å²) in [5.41, 5.74) is 1.57. The first-order chi connectivity index (χ1) is 5.86. The van der Waals surface area contributed by atoms with Crippen molar-refractivity contribution in [2.75, 3.05) is 0 Å². The number of aliphatic hydroxyl groups is 1. The van der Waals surface area contributed by atoms with Gasteiger partial charge in [-0.1, -0.05) is 24.5 Å². The lowest BCUT2D eigenvalue weighted by atomic mass is 9.90. The van der Waals surface area contributed by atoms with Gasteiger partial charge in [-0.3, -0.25) is 0 Å². The Morgan fingerprint density at radius 2 is 1.83 bits per heavy atom. The average Bonchev–Trinajstić information content (AvgIpc) is 2.58. The summed E-state index contributed by atoms with van der Waals surface area (Å²) in [7, 11) is 0. The van der Waals surface area contributed by atoms with Crippen LogP contribution in [0.15, 0.2) is 23.5 Å². The molecule has 0 saturated heterocycles. The summed E-state index contributed by atoms with van der Waals surface area (Å²) in [6.45, 7) is 0. The molecule has 0 spiro atoms. The lowest BCUT2D eigenvalue weighted by molar-refractivity contribution is 0.381. The third kappa shape index (κ3) is 1.55. The molecule has 0 aromatic carbocycles. The van der Waals surface area contributed by atoms with Crippen molar-refractivity contribution in [3.63, 3.8) is 0 Å². The molecule has 0 bridgehead atoms. The van der Waals surface area contributed by atoms with E-state index in [0.29, 0.717) is 5.76 Å². The highest BCUT2D eigenvalue weighted by molar-refractivity contribution is 5.22. The van der Waals surface area contributed by atoms with Crippen molar-refractivity contribution in [1.29, 1.82) is 0 Å². The maximum atomic E-state index is 9.19. The van der Waals surface area contributed by atoms with Gasteiger partial charge >= 0.3 is 0 Å². The lowest BCUT2D eigenvalue weighted by Crippen LogP contribution is -2.02. The Morgan fingerprint density at radius 1 is 1.08 bits per heavy atom. The van der Waals surface area contributed by atoms with Crippen molar-refractivity contribution < 1.29 is 5.11 Å². The highest BCUT2D eigenvalue weighted by atomic mass is 16.3. The molecule has 0 amide bonds. The maximum Gasteiger partial charge on any atom is 0.0925 e. The van der Waals surface area contributed by atoms with Crippen LogP contribution in [0, 0.1) is 5.92 Å². The molecule has 2 aliphatic carbocycles. The van der Waals surface area contributed by atoms with Gasteiger partial charge in [-0.05, 0) is 31.3 Å². The lowest BCUT2D eigenvalue weighted by Gasteiger charge is -2.16. The maximum absolute atomic E-state index is 9.19. The van der Waals surface area contributed by atoms with Crippen LogP contribution in [-0.4, -0.2) is 5.11 Å². The molecule has 1 fully saturated rings. The van der Waals surface area contributed by atoms with Crippen LogP contribution < -0.4 is 0 Å². The highest BCUT2D eigenvalue weighted by Gasteiger charge is 2.20. The molecule has 1 nitrogen and oxygen atoms in total. The molecule has 0 radical (unpaired) electrons. The fourth-order valence-electron chi connectivity index (χ4n) is 2.28. The van der Waals surface area contributed by atoms with E-state index in [1.54, 1.807) is 5.57 Å². The predicted molar refractivity (Wildman–Crippen MR) is 50.0 cm³/mol. The fraction of sp³-hybridized carbons (Fsp3) is 0.636. The minimum absolute atomic E-state index is 0.553. The van der Waals surface area contributed by atoms with Crippen molar-refractivity contribution in [2.45, 2.75) is 38.5 Å². The van der Waals surface area contributed by atoms with Crippen LogP contribution in [0.1, 0.15) is 38.5 Å². The Kier molecular flexibility index (Phi) is 2.20. The summed E-state index contributed by atoms with van der Waals surface area (Å²) in [5, 5.41) is 9.19. The van der Waals surface area contributed by atoms with E-state index in [4.69, 9.17) is 0 Å². The summed E-state index contributed by atoms with van der Waals surface area (Å²) in [6, 6.07) is 0. The number of allylic oxidation sites excluding steroid dienone is 4. The first-order valence-corrected chi connectivity index (χ1v) is 4.95. The van der Waals surface area contributed by atoms with Crippen LogP contribution in [0.2, 0.25) is 0 Å². The van der Waals surface area contributed by atoms with E-state index < -0.39 is 0 Å². The van der Waals surface area contributed by atoms with Gasteiger partial charge in [0.25, 0.3) is 0 Å². The van der Waals surface area contributed by atoms with Gasteiger partial charge in [0, 0.05) is 6.42 Å². The third-order valence-electron chi connectivity index (χ3n) is 3.04. The molecule has 0 aliphatic heterocycles. The Morgan fingerprint density at radius 3 is 2.42 bits per heavy atom. The van der Waals surface area contributed by atoms with Crippen LogP contribution in [0.4, 0.5) is 0 Å². The molecular formula is C11H16O. The number of aliphatic hydroxyl groups excluding tert-OH is 1. The van der Waals surface area contributed by atoms with Crippen LogP contribution in [0.3, 0.4) is 0 Å². The van der Waals surface area contributed by atoms with Gasteiger partial charge in [-0.2, -0.15) is 0 Å². The SMILES string of the molecule is OC1=CC=C(C2CCCC2)CC1. The van der Waals surface area contributed by atoms with E-state index in [-0.39, 0.29) is 0 Å². The van der Waals surface area contributed by atoms with E-state index in [9.17, 15) is 5.11 Å². The summed E-state index contributed by atoms with van der Waals surface area (Å²) in [5.74, 6) is 1.39. The summed E-state index contributed by atoms with van der Waals surface area (Å²) in [4.78, 5) is 0. The largest absolute Gasteiger partial charge is 0.512 e. The predicted octanol–water partition coefficient (Wildman–Crippen LogP) is 3.34. The molecule has 1 heteroatoms. The van der Waals surface area contributed by atoms with Crippen molar-refractivity contribution in [3.05, 3.63) is 23.5 Å². The smallest absolute Gasteiger partial charge is 0.0925 e. The van der Waals surface area contributed by atoms with Gasteiger partial charge < -0.3 is 5.11 Å². The van der Waals surface area contributed by atoms with Gasteiger partial charge in [0.1, 0.15) is 0 Å². The first-order valence-electron chi connectivity index (χ1n) is 4.95. The molecule has 1 N–H and O–H groups in total. The Labute approximate surface area is 73.8 Å². The van der Waals surface area contributed by atoms with Gasteiger partial charge in [-0.25, -0.2) is 0 Å². The van der Waals surface area contributed by atoms with Crippen LogP contribution in [0.25, 0.3) is 0 Å². The zero-order valence-electron chi connectivity index (χ0n) is 7.42. The molecule has 0 aromatic heterocycles. The monoisotopic (exact) mass is 164 g/mol. The Bertz CT molecular complexity index is 219. The zero-order valence-corrected chi connectivity index (χ0v) is 7.42. The van der Waals surface area contributed by atoms with E-state index in [1.165, 1.54) is 25.7 Å². The molecule has 0 aromatic rings. The summed E-state index contributed by atoms with van der Waals surface area (Å²) in [6.07, 6.45) is 11.5. The molecule has 66 valence electrons. The number of rotatable bonds is 1. The zero-order chi connectivity index (χ0) is 8.39. The molecular weight excluding hydrogens is 148 g/mol. The summed E-state index contributed by atoms with van der Waals surface area (Å²) >= 11 is 0. The molecule has 0 heterocycles. The highest BCUT2D eigenvalue weighted by Crippen LogP contribution is 2.35. The van der Waals surface area contributed by atoms with E-state index in [2.05, 4.69) is 6.08 Å². The second kappa shape index (κ2) is 3.34. The van der Waals surface area contributed by atoms with Crippen LogP contribution in [-0.2, 0) is 0 Å². The van der Waals surface area contributed by atoms with Crippen molar-refractivity contribution in [2.24, 2.45) is 5.92 Å². The normalized spacial score (nSPS) is 25.3. The molecule has 1 saturated carbocycles. The van der Waals surface area contributed by atoms with E-state index in [1.807, 2.05) is 6.08 Å². The molecule has 0 unspecified atom stereocenters. The van der Waals surface area contributed by atoms with Crippen LogP contribution >= 0.6 is 0 Å². The van der Waals surface area contributed by atoms with Gasteiger partial charge in [0.15, 0.2) is 0 Å². The Hall–Kier alpha value is -0.720. The minimum Gasteiger partial charge on any atom is -0.512 e. The van der Waals surface area contributed by atoms with E-state index >= 15 is 0 Å². The van der Waals surface area contributed by atoms with Crippen molar-refractivity contribution in [1.82, 2.24) is 0 Å². The van der Waals surface area contributed by atoms with Gasteiger partial charge in [-0.15, -0.1) is 0 Å². The topological polar surface area (TPSA) is 20.2 Å². The number of hydrogen-bond acceptors (Lipinski definition) is 1. The van der Waals surface area contributed by atoms with E-state index in [0.717, 1.165) is 18.8 Å². The Balaban J connectivity index is 2.04. The van der Waals surface area contributed by atoms with Gasteiger partial charge in [0.2, 0.25) is 0 Å². The second-order valence-corrected chi connectivity index (χ2v) is 3.88. The standard InChI is InChI=1S/C11H16O/c12-11-7-5-10(6-8-11)9-3-1-2-4-9/h5,7,9,12H,1-4,6,8H2. The quantitative estimate of drug-likeness (QED) is 0.630. The second-order valence-electron chi connectivity index (χ2n) is 3.88. The summed E-state index contributed by atoms with van der Waals surface area (Å²) < 4.78 is 0. The van der Waals surface area contributed by atoms with Crippen molar-refractivity contribution in [3.8, 4) is 0 Å². The number of hydrogen-bond donors (Lipinski definition) is 1. The molecule has 2 aliphatic rings. The average molecular weight is 164 g/mol. The van der Waals surface area contributed by atoms with Gasteiger partial charge in [0.05, 0.1) is 5.76 Å². The van der Waals surface area contributed by atoms with Crippen molar-refractivity contribution >= 4 is 0 Å². The first kappa shape index (κ1) is 7.90.